The third kappa shape index (κ3) is 7.92. The van der Waals surface area contributed by atoms with E-state index in [9.17, 15) is 0 Å². The SMILES string of the molecule is CCCC[N]OCCC. The Labute approximate surface area is 57.5 Å². The normalized spacial score (nSPS) is 10.0. The zero-order valence-corrected chi connectivity index (χ0v) is 6.39. The number of nitrogens with zero attached hydrogens (tertiary/aromatic N) is 1. The average Bonchev–Trinajstić information content (AvgIpc) is 1.89. The molecule has 0 aliphatic carbocycles. The lowest BCUT2D eigenvalue weighted by atomic mass is 10.3. The van der Waals surface area contributed by atoms with Crippen LogP contribution in [0, 0.1) is 0 Å². The number of hydrogen-bond acceptors (Lipinski definition) is 1. The van der Waals surface area contributed by atoms with Crippen LogP contribution in [0.4, 0.5) is 0 Å². The van der Waals surface area contributed by atoms with Crippen molar-refractivity contribution in [1.82, 2.24) is 5.48 Å². The van der Waals surface area contributed by atoms with E-state index in [0.29, 0.717) is 0 Å². The summed E-state index contributed by atoms with van der Waals surface area (Å²) in [6.07, 6.45) is 3.39. The van der Waals surface area contributed by atoms with E-state index >= 15 is 0 Å². The predicted molar refractivity (Wildman–Crippen MR) is 38.2 cm³/mol. The summed E-state index contributed by atoms with van der Waals surface area (Å²) in [6.45, 7) is 5.85. The molecule has 0 heterocycles. The molecule has 2 nitrogen and oxygen atoms in total. The van der Waals surface area contributed by atoms with E-state index in [1.54, 1.807) is 0 Å². The first kappa shape index (κ1) is 8.92. The first-order valence-corrected chi connectivity index (χ1v) is 3.70. The van der Waals surface area contributed by atoms with Crippen molar-refractivity contribution in [2.45, 2.75) is 33.1 Å². The molecule has 0 aromatic rings. The third-order valence-corrected chi connectivity index (χ3v) is 0.990. The van der Waals surface area contributed by atoms with Crippen LogP contribution in [0.1, 0.15) is 33.1 Å². The minimum atomic E-state index is 0.768. The smallest absolute Gasteiger partial charge is 0.0700 e. The Bertz CT molecular complexity index is 42.2. The molecular formula is C7H16NO. The lowest BCUT2D eigenvalue weighted by molar-refractivity contribution is 0.0328. The summed E-state index contributed by atoms with van der Waals surface area (Å²) in [6, 6.07) is 0. The van der Waals surface area contributed by atoms with E-state index in [-0.39, 0.29) is 0 Å². The number of hydroxylamine groups is 1. The topological polar surface area (TPSA) is 23.3 Å². The second kappa shape index (κ2) is 7.92. The molecule has 2 heteroatoms. The van der Waals surface area contributed by atoms with Gasteiger partial charge in [0.25, 0.3) is 0 Å². The summed E-state index contributed by atoms with van der Waals surface area (Å²) in [5.41, 5.74) is 3.85. The highest BCUT2D eigenvalue weighted by molar-refractivity contribution is 4.33. The molecule has 0 N–H and O–H groups in total. The minimum absolute atomic E-state index is 0.768. The van der Waals surface area contributed by atoms with Crippen LogP contribution in [0.3, 0.4) is 0 Å². The van der Waals surface area contributed by atoms with E-state index in [2.05, 4.69) is 19.3 Å². The van der Waals surface area contributed by atoms with Crippen molar-refractivity contribution in [2.75, 3.05) is 13.2 Å². The number of unbranched alkanes of at least 4 members (excludes halogenated alkanes) is 1. The predicted octanol–water partition coefficient (Wildman–Crippen LogP) is 1.73. The fourth-order valence-corrected chi connectivity index (χ4v) is 0.443. The van der Waals surface area contributed by atoms with Gasteiger partial charge in [0, 0.05) is 6.54 Å². The van der Waals surface area contributed by atoms with Crippen LogP contribution in [0.2, 0.25) is 0 Å². The molecule has 55 valence electrons. The summed E-state index contributed by atoms with van der Waals surface area (Å²) in [5.74, 6) is 0. The highest BCUT2D eigenvalue weighted by Crippen LogP contribution is 1.84. The minimum Gasteiger partial charge on any atom is -0.282 e. The first-order valence-electron chi connectivity index (χ1n) is 3.70. The maximum Gasteiger partial charge on any atom is 0.0700 e. The van der Waals surface area contributed by atoms with Gasteiger partial charge in [-0.3, -0.25) is 4.84 Å². The van der Waals surface area contributed by atoms with Crippen molar-refractivity contribution in [1.29, 1.82) is 0 Å². The van der Waals surface area contributed by atoms with Gasteiger partial charge in [-0.15, -0.1) is 0 Å². The second-order valence-electron chi connectivity index (χ2n) is 2.04. The fourth-order valence-electron chi connectivity index (χ4n) is 0.443. The van der Waals surface area contributed by atoms with Crippen LogP contribution < -0.4 is 5.48 Å². The molecule has 0 spiro atoms. The van der Waals surface area contributed by atoms with Crippen LogP contribution in [0.25, 0.3) is 0 Å². The maximum atomic E-state index is 4.91. The van der Waals surface area contributed by atoms with Gasteiger partial charge in [0.05, 0.1) is 6.61 Å². The molecular weight excluding hydrogens is 114 g/mol. The molecule has 0 aliphatic heterocycles. The Hall–Kier alpha value is -0.0800. The van der Waals surface area contributed by atoms with Crippen molar-refractivity contribution in [3.8, 4) is 0 Å². The van der Waals surface area contributed by atoms with Crippen molar-refractivity contribution in [3.05, 3.63) is 0 Å². The lowest BCUT2D eigenvalue weighted by Gasteiger charge is -1.98. The van der Waals surface area contributed by atoms with Crippen molar-refractivity contribution in [2.24, 2.45) is 0 Å². The molecule has 0 rings (SSSR count). The Morgan fingerprint density at radius 2 is 2.00 bits per heavy atom. The van der Waals surface area contributed by atoms with Crippen LogP contribution in [0.15, 0.2) is 0 Å². The highest BCUT2D eigenvalue weighted by atomic mass is 16.6. The molecule has 0 unspecified atom stereocenters. The summed E-state index contributed by atoms with van der Waals surface area (Å²) in [7, 11) is 0. The summed E-state index contributed by atoms with van der Waals surface area (Å²) in [5, 5.41) is 0. The Balaban J connectivity index is 2.60. The molecule has 0 aliphatic rings. The molecule has 0 bridgehead atoms. The Kier molecular flexibility index (Phi) is 7.85. The number of rotatable bonds is 6. The zero-order chi connectivity index (χ0) is 6.95. The lowest BCUT2D eigenvalue weighted by Crippen LogP contribution is -2.07. The van der Waals surface area contributed by atoms with Crippen molar-refractivity contribution < 1.29 is 4.84 Å². The van der Waals surface area contributed by atoms with Gasteiger partial charge in [-0.05, 0) is 12.8 Å². The molecule has 0 aromatic carbocycles. The number of hydrogen-bond donors (Lipinski definition) is 0. The second-order valence-corrected chi connectivity index (χ2v) is 2.04. The molecule has 0 saturated heterocycles. The maximum absolute atomic E-state index is 4.91. The summed E-state index contributed by atoms with van der Waals surface area (Å²) < 4.78 is 0. The summed E-state index contributed by atoms with van der Waals surface area (Å²) >= 11 is 0. The molecule has 1 radical (unpaired) electrons. The summed E-state index contributed by atoms with van der Waals surface area (Å²) in [4.78, 5) is 4.91. The van der Waals surface area contributed by atoms with Gasteiger partial charge in [-0.25, -0.2) is 0 Å². The van der Waals surface area contributed by atoms with Gasteiger partial charge in [0.1, 0.15) is 0 Å². The van der Waals surface area contributed by atoms with Gasteiger partial charge in [-0.2, -0.15) is 0 Å². The molecule has 0 aromatic heterocycles. The zero-order valence-electron chi connectivity index (χ0n) is 6.39. The first-order chi connectivity index (χ1) is 4.41. The van der Waals surface area contributed by atoms with Crippen LogP contribution in [-0.4, -0.2) is 13.2 Å². The monoisotopic (exact) mass is 130 g/mol. The Morgan fingerprint density at radius 3 is 2.56 bits per heavy atom. The van der Waals surface area contributed by atoms with Crippen LogP contribution in [0.5, 0.6) is 0 Å². The van der Waals surface area contributed by atoms with E-state index in [0.717, 1.165) is 26.0 Å². The molecule has 0 saturated carbocycles. The van der Waals surface area contributed by atoms with Gasteiger partial charge in [0.15, 0.2) is 0 Å². The molecule has 0 atom stereocenters. The van der Waals surface area contributed by atoms with E-state index < -0.39 is 0 Å². The van der Waals surface area contributed by atoms with Crippen molar-refractivity contribution in [3.63, 3.8) is 0 Å². The van der Waals surface area contributed by atoms with Crippen LogP contribution in [-0.2, 0) is 4.84 Å². The van der Waals surface area contributed by atoms with Gasteiger partial charge >= 0.3 is 0 Å². The molecule has 9 heavy (non-hydrogen) atoms. The largest absolute Gasteiger partial charge is 0.282 e. The standard InChI is InChI=1S/C7H16NO/c1-3-5-6-8-9-7-4-2/h3-7H2,1-2H3. The van der Waals surface area contributed by atoms with Gasteiger partial charge in [0.2, 0.25) is 0 Å². The van der Waals surface area contributed by atoms with E-state index in [1.165, 1.54) is 6.42 Å². The van der Waals surface area contributed by atoms with E-state index in [1.807, 2.05) is 0 Å². The average molecular weight is 130 g/mol. The van der Waals surface area contributed by atoms with Gasteiger partial charge in [-0.1, -0.05) is 25.7 Å². The van der Waals surface area contributed by atoms with Crippen molar-refractivity contribution >= 4 is 0 Å². The third-order valence-electron chi connectivity index (χ3n) is 0.990. The molecule has 0 fully saturated rings. The van der Waals surface area contributed by atoms with Gasteiger partial charge < -0.3 is 0 Å². The Morgan fingerprint density at radius 1 is 1.22 bits per heavy atom. The van der Waals surface area contributed by atoms with E-state index in [4.69, 9.17) is 4.84 Å². The fraction of sp³-hybridized carbons (Fsp3) is 1.00. The molecule has 0 amide bonds. The van der Waals surface area contributed by atoms with Crippen LogP contribution >= 0.6 is 0 Å². The highest BCUT2D eigenvalue weighted by Gasteiger charge is 1.85. The quantitative estimate of drug-likeness (QED) is 0.396.